The molecular weight excluding hydrogens is 324 g/mol. The van der Waals surface area contributed by atoms with Crippen molar-refractivity contribution < 1.29 is 13.2 Å². The Morgan fingerprint density at radius 1 is 1.08 bits per heavy atom. The van der Waals surface area contributed by atoms with Crippen LogP contribution in [0, 0.1) is 13.8 Å². The van der Waals surface area contributed by atoms with Crippen LogP contribution in [0.3, 0.4) is 0 Å². The van der Waals surface area contributed by atoms with Crippen LogP contribution in [0.5, 0.6) is 0 Å². The van der Waals surface area contributed by atoms with Gasteiger partial charge in [0.2, 0.25) is 5.91 Å². The molecule has 5 nitrogen and oxygen atoms in total. The average molecular weight is 350 g/mol. The summed E-state index contributed by atoms with van der Waals surface area (Å²) in [5, 5.41) is 0. The highest BCUT2D eigenvalue weighted by molar-refractivity contribution is 7.91. The third-order valence-electron chi connectivity index (χ3n) is 4.98. The third-order valence-corrected chi connectivity index (χ3v) is 6.68. The maximum Gasteiger partial charge on any atom is 0.241 e. The fourth-order valence-corrected chi connectivity index (χ4v) is 5.97. The van der Waals surface area contributed by atoms with E-state index in [9.17, 15) is 13.2 Å². The molecule has 1 amide bonds. The lowest BCUT2D eigenvalue weighted by Gasteiger charge is -2.43. The molecule has 2 heterocycles. The maximum absolute atomic E-state index is 12.8. The predicted octanol–water partition coefficient (Wildman–Crippen LogP) is 1.92. The Morgan fingerprint density at radius 3 is 2.33 bits per heavy atom. The van der Waals surface area contributed by atoms with Crippen molar-refractivity contribution in [1.82, 2.24) is 4.90 Å². The van der Waals surface area contributed by atoms with Crippen molar-refractivity contribution in [3.63, 3.8) is 0 Å². The van der Waals surface area contributed by atoms with Gasteiger partial charge in [0.05, 0.1) is 24.1 Å². The fourth-order valence-electron chi connectivity index (χ4n) is 3.99. The number of carbonyl (C=O) groups excluding carboxylic acids is 1. The standard InChI is InChI=1S/C18H26N2O3S/c1-4-5-6-19-10-18(21)20(15-8-13(2)7-14(3)9-15)17-12-24(22,23)11-16(17)19/h7-9,16-17H,4-6,10-12H2,1-3H3. The first-order chi connectivity index (χ1) is 11.3. The Morgan fingerprint density at radius 2 is 1.71 bits per heavy atom. The molecule has 2 atom stereocenters. The number of sulfone groups is 1. The molecule has 2 saturated heterocycles. The van der Waals surface area contributed by atoms with E-state index < -0.39 is 9.84 Å². The molecule has 0 aliphatic carbocycles. The SMILES string of the molecule is CCCCN1CC(=O)N(c2cc(C)cc(C)c2)C2CS(=O)(=O)CC21. The van der Waals surface area contributed by atoms with Crippen LogP contribution >= 0.6 is 0 Å². The van der Waals surface area contributed by atoms with Gasteiger partial charge < -0.3 is 4.90 Å². The lowest BCUT2D eigenvalue weighted by Crippen LogP contribution is -2.62. The van der Waals surface area contributed by atoms with E-state index in [1.54, 1.807) is 4.90 Å². The van der Waals surface area contributed by atoms with Gasteiger partial charge in [-0.15, -0.1) is 0 Å². The molecule has 0 bridgehead atoms. The van der Waals surface area contributed by atoms with Gasteiger partial charge >= 0.3 is 0 Å². The highest BCUT2D eigenvalue weighted by Crippen LogP contribution is 2.32. The number of benzene rings is 1. The minimum atomic E-state index is -3.11. The second kappa shape index (κ2) is 6.48. The number of hydrogen-bond donors (Lipinski definition) is 0. The number of amides is 1. The molecule has 132 valence electrons. The van der Waals surface area contributed by atoms with Gasteiger partial charge in [0, 0.05) is 11.7 Å². The zero-order chi connectivity index (χ0) is 17.5. The second-order valence-electron chi connectivity index (χ2n) is 7.15. The van der Waals surface area contributed by atoms with E-state index in [4.69, 9.17) is 0 Å². The summed E-state index contributed by atoms with van der Waals surface area (Å²) in [5.41, 5.74) is 3.01. The normalized spacial score (nSPS) is 26.6. The molecule has 24 heavy (non-hydrogen) atoms. The van der Waals surface area contributed by atoms with E-state index in [0.717, 1.165) is 36.2 Å². The van der Waals surface area contributed by atoms with Crippen LogP contribution < -0.4 is 4.90 Å². The number of anilines is 1. The fraction of sp³-hybridized carbons (Fsp3) is 0.611. The highest BCUT2D eigenvalue weighted by Gasteiger charge is 2.49. The summed E-state index contributed by atoms with van der Waals surface area (Å²) >= 11 is 0. The van der Waals surface area contributed by atoms with Crippen LogP contribution in [-0.2, 0) is 14.6 Å². The summed E-state index contributed by atoms with van der Waals surface area (Å²) in [5.74, 6) is 0.240. The van der Waals surface area contributed by atoms with Crippen molar-refractivity contribution >= 4 is 21.4 Å². The maximum atomic E-state index is 12.8. The van der Waals surface area contributed by atoms with Crippen molar-refractivity contribution in [1.29, 1.82) is 0 Å². The van der Waals surface area contributed by atoms with E-state index in [1.165, 1.54) is 0 Å². The number of hydrogen-bond acceptors (Lipinski definition) is 4. The van der Waals surface area contributed by atoms with Crippen LogP contribution in [0.4, 0.5) is 5.69 Å². The van der Waals surface area contributed by atoms with Gasteiger partial charge in [-0.3, -0.25) is 9.69 Å². The van der Waals surface area contributed by atoms with Crippen LogP contribution in [-0.4, -0.2) is 55.9 Å². The number of rotatable bonds is 4. The lowest BCUT2D eigenvalue weighted by atomic mass is 10.0. The summed E-state index contributed by atoms with van der Waals surface area (Å²) in [6.07, 6.45) is 2.02. The monoisotopic (exact) mass is 350 g/mol. The first kappa shape index (κ1) is 17.4. The summed E-state index contributed by atoms with van der Waals surface area (Å²) in [6, 6.07) is 5.67. The zero-order valence-electron chi connectivity index (χ0n) is 14.7. The van der Waals surface area contributed by atoms with E-state index in [1.807, 2.05) is 26.0 Å². The van der Waals surface area contributed by atoms with Crippen molar-refractivity contribution in [2.24, 2.45) is 0 Å². The summed E-state index contributed by atoms with van der Waals surface area (Å²) < 4.78 is 24.5. The molecule has 0 spiro atoms. The van der Waals surface area contributed by atoms with Crippen LogP contribution in [0.2, 0.25) is 0 Å². The Labute approximate surface area is 144 Å². The molecule has 2 aliphatic heterocycles. The topological polar surface area (TPSA) is 57.7 Å². The smallest absolute Gasteiger partial charge is 0.241 e. The Hall–Kier alpha value is -1.40. The van der Waals surface area contributed by atoms with Crippen LogP contribution in [0.25, 0.3) is 0 Å². The molecule has 2 fully saturated rings. The molecule has 2 aliphatic rings. The quantitative estimate of drug-likeness (QED) is 0.832. The van der Waals surface area contributed by atoms with E-state index in [-0.39, 0.29) is 29.5 Å². The van der Waals surface area contributed by atoms with Gasteiger partial charge in [-0.05, 0) is 50.1 Å². The summed E-state index contributed by atoms with van der Waals surface area (Å²) in [6.45, 7) is 7.21. The first-order valence-corrected chi connectivity index (χ1v) is 10.5. The minimum Gasteiger partial charge on any atom is -0.306 e. The number of piperazine rings is 1. The molecule has 1 aromatic rings. The summed E-state index contributed by atoms with van der Waals surface area (Å²) in [7, 11) is -3.11. The van der Waals surface area contributed by atoms with Crippen molar-refractivity contribution in [2.75, 3.05) is 29.5 Å². The number of aryl methyl sites for hydroxylation is 2. The summed E-state index contributed by atoms with van der Waals surface area (Å²) in [4.78, 5) is 16.7. The Balaban J connectivity index is 1.97. The second-order valence-corrected chi connectivity index (χ2v) is 9.30. The number of carbonyl (C=O) groups is 1. The lowest BCUT2D eigenvalue weighted by molar-refractivity contribution is -0.123. The average Bonchev–Trinajstić information content (AvgIpc) is 2.78. The third kappa shape index (κ3) is 3.35. The largest absolute Gasteiger partial charge is 0.306 e. The van der Waals surface area contributed by atoms with Gasteiger partial charge in [0.25, 0.3) is 0 Å². The van der Waals surface area contributed by atoms with E-state index in [0.29, 0.717) is 6.54 Å². The molecule has 3 rings (SSSR count). The minimum absolute atomic E-state index is 0.00875. The molecule has 0 aromatic heterocycles. The van der Waals surface area contributed by atoms with Crippen LogP contribution in [0.1, 0.15) is 30.9 Å². The molecule has 2 unspecified atom stereocenters. The van der Waals surface area contributed by atoms with E-state index >= 15 is 0 Å². The Kier molecular flexibility index (Phi) is 4.71. The van der Waals surface area contributed by atoms with Crippen LogP contribution in [0.15, 0.2) is 18.2 Å². The molecule has 0 saturated carbocycles. The van der Waals surface area contributed by atoms with Crippen molar-refractivity contribution in [3.8, 4) is 0 Å². The molecular formula is C18H26N2O3S. The van der Waals surface area contributed by atoms with Gasteiger partial charge in [0.1, 0.15) is 0 Å². The first-order valence-electron chi connectivity index (χ1n) is 8.65. The van der Waals surface area contributed by atoms with Gasteiger partial charge in [-0.25, -0.2) is 8.42 Å². The van der Waals surface area contributed by atoms with E-state index in [2.05, 4.69) is 17.9 Å². The number of unbranched alkanes of at least 4 members (excludes halogenated alkanes) is 1. The zero-order valence-corrected chi connectivity index (χ0v) is 15.5. The molecule has 0 radical (unpaired) electrons. The molecule has 1 aromatic carbocycles. The Bertz CT molecular complexity index is 724. The number of nitrogens with zero attached hydrogens (tertiary/aromatic N) is 2. The van der Waals surface area contributed by atoms with Crippen molar-refractivity contribution in [2.45, 2.75) is 45.7 Å². The van der Waals surface area contributed by atoms with Gasteiger partial charge in [0.15, 0.2) is 9.84 Å². The van der Waals surface area contributed by atoms with Crippen molar-refractivity contribution in [3.05, 3.63) is 29.3 Å². The number of fused-ring (bicyclic) bond motifs is 1. The molecule has 6 heteroatoms. The molecule has 0 N–H and O–H groups in total. The van der Waals surface area contributed by atoms with Gasteiger partial charge in [-0.1, -0.05) is 19.4 Å². The highest BCUT2D eigenvalue weighted by atomic mass is 32.2. The van der Waals surface area contributed by atoms with Gasteiger partial charge in [-0.2, -0.15) is 0 Å². The predicted molar refractivity (Wildman–Crippen MR) is 96.1 cm³/mol.